The molecular weight excluding hydrogens is 246 g/mol. The van der Waals surface area contributed by atoms with Gasteiger partial charge in [0.1, 0.15) is 0 Å². The van der Waals surface area contributed by atoms with E-state index in [0.717, 1.165) is 19.6 Å². The number of hydrogen-bond acceptors (Lipinski definition) is 2. The van der Waals surface area contributed by atoms with Crippen LogP contribution in [0.3, 0.4) is 0 Å². The van der Waals surface area contributed by atoms with E-state index in [9.17, 15) is 0 Å². The Morgan fingerprint density at radius 3 is 2.75 bits per heavy atom. The molecule has 0 aromatic heterocycles. The van der Waals surface area contributed by atoms with E-state index < -0.39 is 0 Å². The molecule has 112 valence electrons. The van der Waals surface area contributed by atoms with Crippen LogP contribution in [0.25, 0.3) is 0 Å². The van der Waals surface area contributed by atoms with Crippen molar-refractivity contribution in [1.82, 2.24) is 5.32 Å². The molecule has 2 heteroatoms. The minimum absolute atomic E-state index is 0.264. The van der Waals surface area contributed by atoms with Crippen molar-refractivity contribution in [3.05, 3.63) is 34.9 Å². The highest BCUT2D eigenvalue weighted by Gasteiger charge is 2.18. The second-order valence-corrected chi connectivity index (χ2v) is 5.88. The van der Waals surface area contributed by atoms with Crippen LogP contribution in [0.2, 0.25) is 0 Å². The summed E-state index contributed by atoms with van der Waals surface area (Å²) in [4.78, 5) is 0. The maximum Gasteiger partial charge on any atom is 0.0703 e. The number of aryl methyl sites for hydroxylation is 2. The van der Waals surface area contributed by atoms with Gasteiger partial charge in [-0.15, -0.1) is 0 Å². The molecule has 0 spiro atoms. The van der Waals surface area contributed by atoms with E-state index >= 15 is 0 Å². The van der Waals surface area contributed by atoms with Gasteiger partial charge in [0.2, 0.25) is 0 Å². The smallest absolute Gasteiger partial charge is 0.0703 e. The van der Waals surface area contributed by atoms with Crippen LogP contribution in [-0.4, -0.2) is 25.3 Å². The Labute approximate surface area is 123 Å². The van der Waals surface area contributed by atoms with Crippen LogP contribution in [-0.2, 0) is 24.0 Å². The summed E-state index contributed by atoms with van der Waals surface area (Å²) in [5.41, 5.74) is 4.58. The van der Waals surface area contributed by atoms with E-state index in [4.69, 9.17) is 4.74 Å². The summed E-state index contributed by atoms with van der Waals surface area (Å²) in [5.74, 6) is 0. The fourth-order valence-electron chi connectivity index (χ4n) is 3.12. The third-order valence-corrected chi connectivity index (χ3v) is 4.27. The van der Waals surface area contributed by atoms with E-state index in [0.29, 0.717) is 6.04 Å². The van der Waals surface area contributed by atoms with Crippen molar-refractivity contribution in [1.29, 1.82) is 0 Å². The Bertz CT molecular complexity index is 416. The fraction of sp³-hybridized carbons (Fsp3) is 0.667. The first kappa shape index (κ1) is 15.5. The van der Waals surface area contributed by atoms with E-state index in [2.05, 4.69) is 44.3 Å². The van der Waals surface area contributed by atoms with Gasteiger partial charge in [0.05, 0.1) is 6.10 Å². The molecule has 0 bridgehead atoms. The van der Waals surface area contributed by atoms with Gasteiger partial charge in [-0.2, -0.15) is 0 Å². The zero-order chi connectivity index (χ0) is 14.4. The molecule has 0 aliphatic heterocycles. The number of fused-ring (bicyclic) bond motifs is 1. The molecule has 1 aromatic carbocycles. The predicted octanol–water partition coefficient (Wildman–Crippen LogP) is 3.51. The molecule has 1 N–H and O–H groups in total. The van der Waals surface area contributed by atoms with E-state index in [1.165, 1.54) is 31.2 Å². The molecule has 2 unspecified atom stereocenters. The number of nitrogens with one attached hydrogen (secondary N) is 1. The van der Waals surface area contributed by atoms with Crippen LogP contribution in [0.15, 0.2) is 18.2 Å². The van der Waals surface area contributed by atoms with Crippen molar-refractivity contribution in [2.24, 2.45) is 0 Å². The molecule has 0 saturated carbocycles. The molecule has 1 aliphatic carbocycles. The van der Waals surface area contributed by atoms with Crippen LogP contribution < -0.4 is 5.32 Å². The van der Waals surface area contributed by atoms with Crippen LogP contribution in [0.1, 0.15) is 50.3 Å². The average Bonchev–Trinajstić information content (AvgIpc) is 2.91. The van der Waals surface area contributed by atoms with Gasteiger partial charge >= 0.3 is 0 Å². The Morgan fingerprint density at radius 2 is 2.00 bits per heavy atom. The normalized spacial score (nSPS) is 16.9. The number of hydrogen-bond donors (Lipinski definition) is 1. The first-order valence-electron chi connectivity index (χ1n) is 8.20. The lowest BCUT2D eigenvalue weighted by atomic mass is 9.98. The second kappa shape index (κ2) is 7.80. The molecule has 2 rings (SSSR count). The summed E-state index contributed by atoms with van der Waals surface area (Å²) in [6.45, 7) is 8.32. The van der Waals surface area contributed by atoms with Gasteiger partial charge < -0.3 is 10.1 Å². The lowest BCUT2D eigenvalue weighted by molar-refractivity contribution is 0.0476. The summed E-state index contributed by atoms with van der Waals surface area (Å²) >= 11 is 0. The van der Waals surface area contributed by atoms with Crippen molar-refractivity contribution < 1.29 is 4.74 Å². The topological polar surface area (TPSA) is 21.3 Å². The monoisotopic (exact) mass is 275 g/mol. The van der Waals surface area contributed by atoms with Gasteiger partial charge in [-0.05, 0) is 69.2 Å². The first-order valence-corrected chi connectivity index (χ1v) is 8.20. The minimum atomic E-state index is 0.264. The Morgan fingerprint density at radius 1 is 1.20 bits per heavy atom. The van der Waals surface area contributed by atoms with Gasteiger partial charge in [0.25, 0.3) is 0 Å². The van der Waals surface area contributed by atoms with Crippen LogP contribution in [0, 0.1) is 0 Å². The highest BCUT2D eigenvalue weighted by atomic mass is 16.5. The molecule has 2 atom stereocenters. The predicted molar refractivity (Wildman–Crippen MR) is 85.3 cm³/mol. The van der Waals surface area contributed by atoms with E-state index in [-0.39, 0.29) is 6.10 Å². The molecule has 0 radical (unpaired) electrons. The lowest BCUT2D eigenvalue weighted by Gasteiger charge is -2.25. The standard InChI is InChI=1S/C18H29NO/c1-4-11-19-18(14(3)20-5-2)13-15-9-10-16-7-6-8-17(16)12-15/h9-10,12,14,18-19H,4-8,11,13H2,1-3H3. The Hall–Kier alpha value is -0.860. The van der Waals surface area contributed by atoms with Gasteiger partial charge in [0, 0.05) is 12.6 Å². The molecule has 20 heavy (non-hydrogen) atoms. The molecule has 0 fully saturated rings. The van der Waals surface area contributed by atoms with Gasteiger partial charge in [0.15, 0.2) is 0 Å². The summed E-state index contributed by atoms with van der Waals surface area (Å²) in [7, 11) is 0. The zero-order valence-corrected chi connectivity index (χ0v) is 13.2. The largest absolute Gasteiger partial charge is 0.377 e. The minimum Gasteiger partial charge on any atom is -0.377 e. The molecule has 0 heterocycles. The van der Waals surface area contributed by atoms with Crippen LogP contribution in [0.4, 0.5) is 0 Å². The quantitative estimate of drug-likeness (QED) is 0.784. The molecule has 1 aromatic rings. The van der Waals surface area contributed by atoms with Crippen molar-refractivity contribution >= 4 is 0 Å². The van der Waals surface area contributed by atoms with E-state index in [1.54, 1.807) is 11.1 Å². The SMILES string of the molecule is CCCNC(Cc1ccc2c(c1)CCC2)C(C)OCC. The molecular formula is C18H29NO. The van der Waals surface area contributed by atoms with Crippen molar-refractivity contribution in [3.63, 3.8) is 0 Å². The maximum atomic E-state index is 5.80. The number of ether oxygens (including phenoxy) is 1. The average molecular weight is 275 g/mol. The molecule has 1 aliphatic rings. The zero-order valence-electron chi connectivity index (χ0n) is 13.2. The first-order chi connectivity index (χ1) is 9.74. The summed E-state index contributed by atoms with van der Waals surface area (Å²) in [6, 6.07) is 7.47. The highest BCUT2D eigenvalue weighted by molar-refractivity contribution is 5.35. The molecule has 2 nitrogen and oxygen atoms in total. The third-order valence-electron chi connectivity index (χ3n) is 4.27. The molecule has 0 amide bonds. The lowest BCUT2D eigenvalue weighted by Crippen LogP contribution is -2.42. The van der Waals surface area contributed by atoms with Crippen LogP contribution in [0.5, 0.6) is 0 Å². The summed E-state index contributed by atoms with van der Waals surface area (Å²) < 4.78 is 5.80. The Balaban J connectivity index is 2.02. The van der Waals surface area contributed by atoms with Crippen LogP contribution >= 0.6 is 0 Å². The molecule has 0 saturated heterocycles. The number of rotatable bonds is 8. The fourth-order valence-corrected chi connectivity index (χ4v) is 3.12. The number of benzene rings is 1. The van der Waals surface area contributed by atoms with Gasteiger partial charge in [-0.25, -0.2) is 0 Å². The maximum absolute atomic E-state index is 5.80. The third kappa shape index (κ3) is 4.07. The summed E-state index contributed by atoms with van der Waals surface area (Å²) in [5, 5.41) is 3.65. The Kier molecular flexibility index (Phi) is 6.06. The van der Waals surface area contributed by atoms with Gasteiger partial charge in [-0.3, -0.25) is 0 Å². The van der Waals surface area contributed by atoms with Crippen molar-refractivity contribution in [3.8, 4) is 0 Å². The highest BCUT2D eigenvalue weighted by Crippen LogP contribution is 2.23. The summed E-state index contributed by atoms with van der Waals surface area (Å²) in [6.07, 6.45) is 6.35. The van der Waals surface area contributed by atoms with Crippen molar-refractivity contribution in [2.75, 3.05) is 13.2 Å². The van der Waals surface area contributed by atoms with E-state index in [1.807, 2.05) is 0 Å². The second-order valence-electron chi connectivity index (χ2n) is 5.88. The van der Waals surface area contributed by atoms with Crippen molar-refractivity contribution in [2.45, 2.75) is 65.0 Å². The van der Waals surface area contributed by atoms with Gasteiger partial charge in [-0.1, -0.05) is 25.1 Å².